The van der Waals surface area contributed by atoms with Crippen molar-refractivity contribution in [3.05, 3.63) is 44.8 Å². The molecule has 1 aliphatic heterocycles. The van der Waals surface area contributed by atoms with E-state index in [0.717, 1.165) is 6.07 Å². The number of hydrogen-bond donors (Lipinski definition) is 1. The summed E-state index contributed by atoms with van der Waals surface area (Å²) in [6.07, 6.45) is 1.28. The maximum Gasteiger partial charge on any atom is 0.341 e. The topological polar surface area (TPSA) is 95.2 Å². The molecule has 1 aromatic carbocycles. The van der Waals surface area contributed by atoms with Crippen LogP contribution in [0.1, 0.15) is 17.3 Å². The summed E-state index contributed by atoms with van der Waals surface area (Å²) in [6.45, 7) is 3.88. The minimum absolute atomic E-state index is 0.0381. The number of carbonyl (C=O) groups is 1. The Bertz CT molecular complexity index is 903. The molecule has 8 nitrogen and oxygen atoms in total. The van der Waals surface area contributed by atoms with E-state index in [2.05, 4.69) is 5.29 Å². The first-order chi connectivity index (χ1) is 12.0. The third kappa shape index (κ3) is 2.92. The number of benzene rings is 1. The van der Waals surface area contributed by atoms with Gasteiger partial charge in [-0.25, -0.2) is 9.18 Å². The molecule has 132 valence electrons. The molecule has 0 radical (unpaired) electrons. The lowest BCUT2D eigenvalue weighted by Crippen LogP contribution is -2.44. The second-order valence-electron chi connectivity index (χ2n) is 5.81. The molecule has 1 N–H and O–H groups in total. The number of aromatic nitrogens is 1. The molecule has 25 heavy (non-hydrogen) atoms. The van der Waals surface area contributed by atoms with Gasteiger partial charge in [-0.15, -0.1) is 4.91 Å². The molecule has 0 aliphatic carbocycles. The highest BCUT2D eigenvalue weighted by Crippen LogP contribution is 2.26. The number of hydrogen-bond acceptors (Lipinski definition) is 5. The van der Waals surface area contributed by atoms with Crippen LogP contribution in [0.2, 0.25) is 0 Å². The van der Waals surface area contributed by atoms with Gasteiger partial charge < -0.3 is 14.6 Å². The van der Waals surface area contributed by atoms with E-state index in [4.69, 9.17) is 5.11 Å². The van der Waals surface area contributed by atoms with Gasteiger partial charge in [-0.1, -0.05) is 0 Å². The van der Waals surface area contributed by atoms with Crippen molar-refractivity contribution in [2.75, 3.05) is 31.1 Å². The summed E-state index contributed by atoms with van der Waals surface area (Å²) in [5.74, 6) is -1.93. The molecular weight excluding hydrogens is 331 g/mol. The van der Waals surface area contributed by atoms with Crippen LogP contribution in [0, 0.1) is 10.7 Å². The molecule has 1 saturated heterocycles. The lowest BCUT2D eigenvalue weighted by atomic mass is 10.1. The van der Waals surface area contributed by atoms with E-state index < -0.39 is 17.2 Å². The summed E-state index contributed by atoms with van der Waals surface area (Å²) in [6, 6.07) is 2.65. The minimum atomic E-state index is -1.34. The Kier molecular flexibility index (Phi) is 4.39. The molecule has 2 heterocycles. The fraction of sp³-hybridized carbons (Fsp3) is 0.375. The number of anilines is 1. The Morgan fingerprint density at radius 3 is 2.52 bits per heavy atom. The average Bonchev–Trinajstić information content (AvgIpc) is 2.62. The molecule has 1 aromatic heterocycles. The van der Waals surface area contributed by atoms with Crippen LogP contribution in [0.15, 0.2) is 28.4 Å². The first kappa shape index (κ1) is 16.9. The van der Waals surface area contributed by atoms with Crippen molar-refractivity contribution in [1.29, 1.82) is 0 Å². The predicted octanol–water partition coefficient (Wildman–Crippen LogP) is 1.66. The predicted molar refractivity (Wildman–Crippen MR) is 90.4 cm³/mol. The van der Waals surface area contributed by atoms with Gasteiger partial charge in [-0.3, -0.25) is 9.80 Å². The van der Waals surface area contributed by atoms with Crippen LogP contribution in [-0.2, 0) is 6.54 Å². The fourth-order valence-corrected chi connectivity index (χ4v) is 3.07. The number of pyridine rings is 1. The second-order valence-corrected chi connectivity index (χ2v) is 5.81. The van der Waals surface area contributed by atoms with E-state index in [-0.39, 0.29) is 10.9 Å². The van der Waals surface area contributed by atoms with Gasteiger partial charge in [-0.2, -0.15) is 0 Å². The summed E-state index contributed by atoms with van der Waals surface area (Å²) < 4.78 is 16.2. The largest absolute Gasteiger partial charge is 0.477 e. The van der Waals surface area contributed by atoms with Crippen molar-refractivity contribution in [3.8, 4) is 0 Å². The van der Waals surface area contributed by atoms with Crippen LogP contribution in [0.5, 0.6) is 0 Å². The molecule has 2 aromatic rings. The number of piperazine rings is 1. The zero-order valence-electron chi connectivity index (χ0n) is 13.6. The van der Waals surface area contributed by atoms with Gasteiger partial charge in [0.2, 0.25) is 5.43 Å². The third-order valence-corrected chi connectivity index (χ3v) is 4.43. The van der Waals surface area contributed by atoms with Crippen molar-refractivity contribution in [2.45, 2.75) is 13.5 Å². The number of carboxylic acids is 1. The van der Waals surface area contributed by atoms with Gasteiger partial charge in [0.15, 0.2) is 0 Å². The van der Waals surface area contributed by atoms with Crippen molar-refractivity contribution in [2.24, 2.45) is 5.29 Å². The zero-order valence-corrected chi connectivity index (χ0v) is 13.6. The molecular formula is C16H17FN4O4. The fourth-order valence-electron chi connectivity index (χ4n) is 3.07. The maximum absolute atomic E-state index is 14.6. The van der Waals surface area contributed by atoms with E-state index >= 15 is 0 Å². The number of carboxylic acid groups (broad SMARTS) is 1. The van der Waals surface area contributed by atoms with E-state index in [1.165, 1.54) is 11.2 Å². The smallest absolute Gasteiger partial charge is 0.341 e. The highest BCUT2D eigenvalue weighted by molar-refractivity contribution is 5.93. The minimum Gasteiger partial charge on any atom is -0.477 e. The van der Waals surface area contributed by atoms with Gasteiger partial charge in [0.25, 0.3) is 0 Å². The van der Waals surface area contributed by atoms with Gasteiger partial charge in [-0.05, 0) is 19.1 Å². The SMILES string of the molecule is CCn1cc(C(=O)O)c(=O)c2cc(F)c(N3CCN(N=O)CC3)cc21. The van der Waals surface area contributed by atoms with Gasteiger partial charge in [0.1, 0.15) is 11.4 Å². The first-order valence-electron chi connectivity index (χ1n) is 7.89. The number of aromatic carboxylic acids is 1. The molecule has 9 heteroatoms. The number of aryl methyl sites for hydroxylation is 1. The van der Waals surface area contributed by atoms with Crippen LogP contribution in [0.3, 0.4) is 0 Å². The van der Waals surface area contributed by atoms with Crippen LogP contribution in [0.25, 0.3) is 10.9 Å². The zero-order chi connectivity index (χ0) is 18.1. The average molecular weight is 348 g/mol. The molecule has 1 aliphatic rings. The van der Waals surface area contributed by atoms with Gasteiger partial charge in [0, 0.05) is 31.2 Å². The molecule has 0 atom stereocenters. The van der Waals surface area contributed by atoms with Gasteiger partial charge >= 0.3 is 5.97 Å². The van der Waals surface area contributed by atoms with Crippen molar-refractivity contribution in [3.63, 3.8) is 0 Å². The Labute approximate surface area is 142 Å². The number of nitroso groups, excluding NO2 is 1. The Morgan fingerprint density at radius 1 is 1.28 bits per heavy atom. The number of halogens is 1. The maximum atomic E-state index is 14.6. The van der Waals surface area contributed by atoms with Crippen LogP contribution < -0.4 is 10.3 Å². The Hall–Kier alpha value is -2.97. The molecule has 0 bridgehead atoms. The van der Waals surface area contributed by atoms with Gasteiger partial charge in [0.05, 0.1) is 29.6 Å². The quantitative estimate of drug-likeness (QED) is 0.845. The first-order valence-corrected chi connectivity index (χ1v) is 7.89. The van der Waals surface area contributed by atoms with Crippen LogP contribution >= 0.6 is 0 Å². The van der Waals surface area contributed by atoms with E-state index in [0.29, 0.717) is 43.9 Å². The monoisotopic (exact) mass is 348 g/mol. The van der Waals surface area contributed by atoms with Crippen LogP contribution in [0.4, 0.5) is 10.1 Å². The van der Waals surface area contributed by atoms with Crippen molar-refractivity contribution < 1.29 is 14.3 Å². The number of nitrogens with zero attached hydrogens (tertiary/aromatic N) is 4. The Balaban J connectivity index is 2.13. The van der Waals surface area contributed by atoms with Crippen LogP contribution in [-0.4, -0.2) is 46.8 Å². The molecule has 3 rings (SSSR count). The summed E-state index contributed by atoms with van der Waals surface area (Å²) in [5, 5.41) is 13.5. The molecule has 0 unspecified atom stereocenters. The third-order valence-electron chi connectivity index (χ3n) is 4.43. The van der Waals surface area contributed by atoms with E-state index in [9.17, 15) is 18.9 Å². The second kappa shape index (κ2) is 6.50. The highest BCUT2D eigenvalue weighted by atomic mass is 19.1. The normalized spacial score (nSPS) is 14.8. The van der Waals surface area contributed by atoms with E-state index in [1.54, 1.807) is 15.5 Å². The van der Waals surface area contributed by atoms with Crippen molar-refractivity contribution >= 4 is 22.6 Å². The number of rotatable bonds is 4. The number of fused-ring (bicyclic) bond motifs is 1. The lowest BCUT2D eigenvalue weighted by molar-refractivity contribution is 0.0695. The lowest BCUT2D eigenvalue weighted by Gasteiger charge is -2.33. The standard InChI is InChI=1S/C16H17FN4O4/c1-2-19-9-11(16(23)24)15(22)10-7-12(17)14(8-13(10)19)20-3-5-21(18-25)6-4-20/h7-9H,2-6H2,1H3,(H,23,24). The summed E-state index contributed by atoms with van der Waals surface area (Å²) >= 11 is 0. The summed E-state index contributed by atoms with van der Waals surface area (Å²) in [7, 11) is 0. The highest BCUT2D eigenvalue weighted by Gasteiger charge is 2.22. The Morgan fingerprint density at radius 2 is 1.96 bits per heavy atom. The van der Waals surface area contributed by atoms with E-state index in [1.807, 2.05) is 6.92 Å². The molecule has 0 spiro atoms. The van der Waals surface area contributed by atoms with Crippen molar-refractivity contribution in [1.82, 2.24) is 9.58 Å². The molecule has 0 saturated carbocycles. The molecule has 1 fully saturated rings. The summed E-state index contributed by atoms with van der Waals surface area (Å²) in [4.78, 5) is 35.9. The summed E-state index contributed by atoms with van der Waals surface area (Å²) in [5.41, 5.74) is -0.285. The molecule has 0 amide bonds.